The van der Waals surface area contributed by atoms with Gasteiger partial charge in [-0.1, -0.05) is 12.2 Å². The van der Waals surface area contributed by atoms with Crippen molar-refractivity contribution in [2.75, 3.05) is 7.11 Å². The third-order valence-corrected chi connectivity index (χ3v) is 3.59. The van der Waals surface area contributed by atoms with Gasteiger partial charge < -0.3 is 9.72 Å². The molecule has 3 rings (SSSR count). The molecule has 7 nitrogen and oxygen atoms in total. The Morgan fingerprint density at radius 2 is 2.10 bits per heavy atom. The molecule has 0 atom stereocenters. The van der Waals surface area contributed by atoms with Crippen molar-refractivity contribution in [3.63, 3.8) is 0 Å². The fraction of sp³-hybridized carbons (Fsp3) is 0.286. The van der Waals surface area contributed by atoms with Crippen LogP contribution in [0.25, 0.3) is 11.3 Å². The molecule has 2 aromatic rings. The van der Waals surface area contributed by atoms with Crippen LogP contribution in [0.3, 0.4) is 0 Å². The summed E-state index contributed by atoms with van der Waals surface area (Å²) in [6.45, 7) is 3.92. The number of hydrogen-bond donors (Lipinski definition) is 2. The van der Waals surface area contributed by atoms with E-state index >= 15 is 0 Å². The molecular formula is C14H14N4O3. The second-order valence-electron chi connectivity index (χ2n) is 5.03. The topological polar surface area (TPSA) is 101 Å². The summed E-state index contributed by atoms with van der Waals surface area (Å²) in [6.07, 6.45) is 3.09. The maximum absolute atomic E-state index is 11.8. The standard InChI is InChI=1S/C14H14N4O3/c1-7-3-8(4-7)9-5-11(17-18-13(9)21-2)10-6-15-14(20)16-12(10)19/h5-6,8H,1,3-4H2,2H3,(H2,15,16,19,20). The van der Waals surface area contributed by atoms with E-state index < -0.39 is 11.2 Å². The van der Waals surface area contributed by atoms with Gasteiger partial charge in [-0.2, -0.15) is 0 Å². The minimum absolute atomic E-state index is 0.268. The van der Waals surface area contributed by atoms with Crippen molar-refractivity contribution in [2.24, 2.45) is 0 Å². The lowest BCUT2D eigenvalue weighted by Gasteiger charge is -2.29. The highest BCUT2D eigenvalue weighted by Crippen LogP contribution is 2.43. The number of rotatable bonds is 3. The van der Waals surface area contributed by atoms with E-state index in [4.69, 9.17) is 4.74 Å². The van der Waals surface area contributed by atoms with Gasteiger partial charge in [0, 0.05) is 11.8 Å². The Labute approximate surface area is 119 Å². The highest BCUT2D eigenvalue weighted by molar-refractivity contribution is 5.58. The van der Waals surface area contributed by atoms with Gasteiger partial charge in [0.25, 0.3) is 5.56 Å². The van der Waals surface area contributed by atoms with Crippen LogP contribution in [0.4, 0.5) is 0 Å². The van der Waals surface area contributed by atoms with Crippen molar-refractivity contribution < 1.29 is 4.74 Å². The Hall–Kier alpha value is -2.70. The average Bonchev–Trinajstić information content (AvgIpc) is 2.43. The van der Waals surface area contributed by atoms with Gasteiger partial charge in [0.1, 0.15) is 5.69 Å². The van der Waals surface area contributed by atoms with E-state index in [-0.39, 0.29) is 11.5 Å². The summed E-state index contributed by atoms with van der Waals surface area (Å²) in [6, 6.07) is 1.78. The molecule has 0 aromatic carbocycles. The highest BCUT2D eigenvalue weighted by atomic mass is 16.5. The van der Waals surface area contributed by atoms with Crippen molar-refractivity contribution in [1.82, 2.24) is 20.2 Å². The summed E-state index contributed by atoms with van der Waals surface area (Å²) in [5, 5.41) is 8.01. The fourth-order valence-electron chi connectivity index (χ4n) is 2.43. The minimum Gasteiger partial charge on any atom is -0.480 e. The molecule has 0 unspecified atom stereocenters. The zero-order chi connectivity index (χ0) is 15.0. The molecule has 7 heteroatoms. The number of aromatic nitrogens is 4. The van der Waals surface area contributed by atoms with Gasteiger partial charge in [-0.15, -0.1) is 10.2 Å². The minimum atomic E-state index is -0.555. The van der Waals surface area contributed by atoms with Crippen molar-refractivity contribution in [1.29, 1.82) is 0 Å². The Bertz CT molecular complexity index is 813. The molecule has 1 aliphatic carbocycles. The van der Waals surface area contributed by atoms with Gasteiger partial charge in [0.05, 0.1) is 12.7 Å². The average molecular weight is 286 g/mol. The molecule has 2 N–H and O–H groups in total. The van der Waals surface area contributed by atoms with E-state index in [2.05, 4.69) is 26.7 Å². The third-order valence-electron chi connectivity index (χ3n) is 3.59. The molecule has 0 saturated heterocycles. The Morgan fingerprint density at radius 3 is 2.71 bits per heavy atom. The monoisotopic (exact) mass is 286 g/mol. The summed E-state index contributed by atoms with van der Waals surface area (Å²) >= 11 is 0. The number of aromatic amines is 2. The molecule has 0 bridgehead atoms. The van der Waals surface area contributed by atoms with E-state index in [1.54, 1.807) is 6.07 Å². The summed E-state index contributed by atoms with van der Waals surface area (Å²) in [5.74, 6) is 0.737. The van der Waals surface area contributed by atoms with Gasteiger partial charge in [-0.25, -0.2) is 4.79 Å². The molecule has 1 fully saturated rings. The predicted octanol–water partition coefficient (Wildman–Crippen LogP) is 0.962. The van der Waals surface area contributed by atoms with Gasteiger partial charge in [-0.3, -0.25) is 9.78 Å². The summed E-state index contributed by atoms with van der Waals surface area (Å²) in [5.41, 5.74) is 1.70. The van der Waals surface area contributed by atoms with Crippen LogP contribution in [0.15, 0.2) is 34.0 Å². The lowest BCUT2D eigenvalue weighted by molar-refractivity contribution is 0.376. The number of H-pyrrole nitrogens is 2. The maximum atomic E-state index is 11.8. The first kappa shape index (κ1) is 13.3. The summed E-state index contributed by atoms with van der Waals surface area (Å²) in [4.78, 5) is 27.5. The second kappa shape index (κ2) is 5.01. The van der Waals surface area contributed by atoms with Gasteiger partial charge in [0.2, 0.25) is 5.88 Å². The first-order chi connectivity index (χ1) is 10.1. The zero-order valence-electron chi connectivity index (χ0n) is 11.5. The van der Waals surface area contributed by atoms with E-state index in [0.29, 0.717) is 11.6 Å². The van der Waals surface area contributed by atoms with Crippen molar-refractivity contribution in [3.05, 3.63) is 50.8 Å². The predicted molar refractivity (Wildman–Crippen MR) is 76.4 cm³/mol. The molecule has 2 aromatic heterocycles. The molecule has 1 saturated carbocycles. The van der Waals surface area contributed by atoms with Gasteiger partial charge >= 0.3 is 5.69 Å². The number of methoxy groups -OCH3 is 1. The Morgan fingerprint density at radius 1 is 1.33 bits per heavy atom. The lowest BCUT2D eigenvalue weighted by atomic mass is 9.77. The number of allylic oxidation sites excluding steroid dienone is 1. The molecule has 0 radical (unpaired) electrons. The van der Waals surface area contributed by atoms with Crippen LogP contribution in [0.2, 0.25) is 0 Å². The van der Waals surface area contributed by atoms with Crippen molar-refractivity contribution in [3.8, 4) is 17.1 Å². The maximum Gasteiger partial charge on any atom is 0.325 e. The largest absolute Gasteiger partial charge is 0.480 e. The zero-order valence-corrected chi connectivity index (χ0v) is 11.5. The van der Waals surface area contributed by atoms with E-state index in [1.165, 1.54) is 18.9 Å². The second-order valence-corrected chi connectivity index (χ2v) is 5.03. The fourth-order valence-corrected chi connectivity index (χ4v) is 2.43. The highest BCUT2D eigenvalue weighted by Gasteiger charge is 2.27. The lowest BCUT2D eigenvalue weighted by Crippen LogP contribution is -2.23. The number of hydrogen-bond acceptors (Lipinski definition) is 5. The Kier molecular flexibility index (Phi) is 3.17. The van der Waals surface area contributed by atoms with Crippen LogP contribution in [-0.2, 0) is 0 Å². The summed E-state index contributed by atoms with van der Waals surface area (Å²) < 4.78 is 5.23. The number of ether oxygens (including phenoxy) is 1. The van der Waals surface area contributed by atoms with Crippen LogP contribution in [-0.4, -0.2) is 27.3 Å². The molecule has 0 amide bonds. The Balaban J connectivity index is 2.08. The molecule has 0 aliphatic heterocycles. The molecule has 21 heavy (non-hydrogen) atoms. The first-order valence-corrected chi connectivity index (χ1v) is 6.49. The smallest absolute Gasteiger partial charge is 0.325 e. The van der Waals surface area contributed by atoms with Crippen LogP contribution in [0, 0.1) is 0 Å². The van der Waals surface area contributed by atoms with E-state index in [9.17, 15) is 9.59 Å². The molecular weight excluding hydrogens is 272 g/mol. The first-order valence-electron chi connectivity index (χ1n) is 6.49. The normalized spacial score (nSPS) is 14.8. The van der Waals surface area contributed by atoms with E-state index in [1.807, 2.05) is 0 Å². The van der Waals surface area contributed by atoms with Gasteiger partial charge in [0.15, 0.2) is 0 Å². The summed E-state index contributed by atoms with van der Waals surface area (Å²) in [7, 11) is 1.54. The number of nitrogens with zero attached hydrogens (tertiary/aromatic N) is 2. The van der Waals surface area contributed by atoms with Gasteiger partial charge in [-0.05, 0) is 24.8 Å². The van der Waals surface area contributed by atoms with Crippen LogP contribution < -0.4 is 16.0 Å². The van der Waals surface area contributed by atoms with E-state index in [0.717, 1.165) is 18.4 Å². The molecule has 2 heterocycles. The third kappa shape index (κ3) is 2.37. The van der Waals surface area contributed by atoms with Crippen molar-refractivity contribution >= 4 is 0 Å². The van der Waals surface area contributed by atoms with Crippen LogP contribution in [0.1, 0.15) is 24.3 Å². The molecule has 1 aliphatic rings. The molecule has 108 valence electrons. The van der Waals surface area contributed by atoms with Crippen LogP contribution >= 0.6 is 0 Å². The van der Waals surface area contributed by atoms with Crippen molar-refractivity contribution in [2.45, 2.75) is 18.8 Å². The van der Waals surface area contributed by atoms with Crippen LogP contribution in [0.5, 0.6) is 5.88 Å². The number of nitrogens with one attached hydrogen (secondary N) is 2. The quantitative estimate of drug-likeness (QED) is 0.818. The molecule has 0 spiro atoms. The SMILES string of the molecule is C=C1CC(c2cc(-c3c[nH]c(=O)[nH]c3=O)nnc2OC)C1.